The van der Waals surface area contributed by atoms with Crippen molar-refractivity contribution in [2.45, 2.75) is 33.6 Å². The van der Waals surface area contributed by atoms with E-state index < -0.39 is 0 Å². The Hall–Kier alpha value is -2.69. The molecule has 1 saturated heterocycles. The highest BCUT2D eigenvalue weighted by Gasteiger charge is 2.19. The fourth-order valence-electron chi connectivity index (χ4n) is 3.38. The molecular formula is C23H30N2O3. The van der Waals surface area contributed by atoms with Gasteiger partial charge in [0.15, 0.2) is 11.5 Å². The Kier molecular flexibility index (Phi) is 6.80. The molecule has 1 aliphatic heterocycles. The standard InChI is InChI=1S/C23H30N2O3/c1-4-14-28-21-11-6-18(15-22(21)27-5-2)23(26)24-19-7-9-20(10-8-19)25-13-12-17(3)16-25/h6-11,15,17H,4-5,12-14,16H2,1-3H3,(H,24,26). The summed E-state index contributed by atoms with van der Waals surface area (Å²) in [6.07, 6.45) is 2.15. The van der Waals surface area contributed by atoms with Crippen molar-refractivity contribution < 1.29 is 14.3 Å². The highest BCUT2D eigenvalue weighted by Crippen LogP contribution is 2.29. The van der Waals surface area contributed by atoms with Crippen molar-refractivity contribution in [3.8, 4) is 11.5 Å². The van der Waals surface area contributed by atoms with E-state index in [1.165, 1.54) is 12.1 Å². The molecule has 28 heavy (non-hydrogen) atoms. The number of rotatable bonds is 8. The van der Waals surface area contributed by atoms with Crippen LogP contribution in [0.3, 0.4) is 0 Å². The fraction of sp³-hybridized carbons (Fsp3) is 0.435. The molecule has 1 amide bonds. The van der Waals surface area contributed by atoms with Crippen LogP contribution < -0.4 is 19.7 Å². The van der Waals surface area contributed by atoms with E-state index in [0.29, 0.717) is 30.3 Å². The Labute approximate surface area is 167 Å². The average molecular weight is 383 g/mol. The number of nitrogens with zero attached hydrogens (tertiary/aromatic N) is 1. The van der Waals surface area contributed by atoms with Crippen LogP contribution in [0.25, 0.3) is 0 Å². The predicted octanol–water partition coefficient (Wildman–Crippen LogP) is 4.97. The molecule has 1 atom stereocenters. The number of carbonyl (C=O) groups excluding carboxylic acids is 1. The number of carbonyl (C=O) groups is 1. The zero-order valence-corrected chi connectivity index (χ0v) is 17.0. The van der Waals surface area contributed by atoms with E-state index in [2.05, 4.69) is 36.2 Å². The molecular weight excluding hydrogens is 352 g/mol. The minimum absolute atomic E-state index is 0.162. The molecule has 0 aliphatic carbocycles. The van der Waals surface area contributed by atoms with E-state index in [1.54, 1.807) is 18.2 Å². The van der Waals surface area contributed by atoms with Gasteiger partial charge in [-0.3, -0.25) is 4.79 Å². The average Bonchev–Trinajstić information content (AvgIpc) is 3.14. The molecule has 5 nitrogen and oxygen atoms in total. The molecule has 1 aliphatic rings. The zero-order chi connectivity index (χ0) is 19.9. The maximum atomic E-state index is 12.7. The summed E-state index contributed by atoms with van der Waals surface area (Å²) in [6, 6.07) is 13.4. The number of benzene rings is 2. The summed E-state index contributed by atoms with van der Waals surface area (Å²) in [7, 11) is 0. The van der Waals surface area contributed by atoms with Crippen LogP contribution in [0.15, 0.2) is 42.5 Å². The molecule has 150 valence electrons. The summed E-state index contributed by atoms with van der Waals surface area (Å²) in [5, 5.41) is 2.96. The monoisotopic (exact) mass is 382 g/mol. The Balaban J connectivity index is 1.67. The van der Waals surface area contributed by atoms with Gasteiger partial charge in [-0.25, -0.2) is 0 Å². The molecule has 0 spiro atoms. The lowest BCUT2D eigenvalue weighted by molar-refractivity contribution is 0.102. The van der Waals surface area contributed by atoms with E-state index in [0.717, 1.165) is 31.1 Å². The SMILES string of the molecule is CCCOc1ccc(C(=O)Nc2ccc(N3CCC(C)C3)cc2)cc1OCC. The van der Waals surface area contributed by atoms with Gasteiger partial charge in [0.1, 0.15) is 0 Å². The second-order valence-electron chi connectivity index (χ2n) is 7.28. The molecule has 2 aromatic rings. The van der Waals surface area contributed by atoms with Gasteiger partial charge in [-0.05, 0) is 68.1 Å². The molecule has 1 N–H and O–H groups in total. The molecule has 0 aromatic heterocycles. The normalized spacial score (nSPS) is 16.1. The minimum Gasteiger partial charge on any atom is -0.490 e. The van der Waals surface area contributed by atoms with Gasteiger partial charge in [0.05, 0.1) is 13.2 Å². The molecule has 0 radical (unpaired) electrons. The zero-order valence-electron chi connectivity index (χ0n) is 17.0. The molecule has 0 saturated carbocycles. The van der Waals surface area contributed by atoms with Crippen molar-refractivity contribution >= 4 is 17.3 Å². The second-order valence-corrected chi connectivity index (χ2v) is 7.28. The highest BCUT2D eigenvalue weighted by molar-refractivity contribution is 6.04. The molecule has 5 heteroatoms. The third-order valence-corrected chi connectivity index (χ3v) is 4.88. The van der Waals surface area contributed by atoms with Gasteiger partial charge in [0, 0.05) is 30.0 Å². The number of hydrogen-bond acceptors (Lipinski definition) is 4. The number of anilines is 2. The van der Waals surface area contributed by atoms with Crippen LogP contribution in [0.2, 0.25) is 0 Å². The lowest BCUT2D eigenvalue weighted by atomic mass is 10.1. The van der Waals surface area contributed by atoms with Gasteiger partial charge in [-0.1, -0.05) is 13.8 Å². The topological polar surface area (TPSA) is 50.8 Å². The van der Waals surface area contributed by atoms with E-state index in [9.17, 15) is 4.79 Å². The van der Waals surface area contributed by atoms with Gasteiger partial charge in [-0.2, -0.15) is 0 Å². The van der Waals surface area contributed by atoms with Gasteiger partial charge in [-0.15, -0.1) is 0 Å². The number of amides is 1. The quantitative estimate of drug-likeness (QED) is 0.700. The van der Waals surface area contributed by atoms with Gasteiger partial charge < -0.3 is 19.7 Å². The first-order chi connectivity index (χ1) is 13.6. The summed E-state index contributed by atoms with van der Waals surface area (Å²) in [5.74, 6) is 1.85. The maximum Gasteiger partial charge on any atom is 0.255 e. The Bertz CT molecular complexity index is 789. The van der Waals surface area contributed by atoms with E-state index in [1.807, 2.05) is 19.1 Å². The summed E-state index contributed by atoms with van der Waals surface area (Å²) < 4.78 is 11.3. The van der Waals surface area contributed by atoms with E-state index in [4.69, 9.17) is 9.47 Å². The van der Waals surface area contributed by atoms with Crippen molar-refractivity contribution in [2.75, 3.05) is 36.5 Å². The van der Waals surface area contributed by atoms with Crippen LogP contribution in [0.1, 0.15) is 44.0 Å². The third kappa shape index (κ3) is 4.97. The fourth-order valence-corrected chi connectivity index (χ4v) is 3.38. The number of hydrogen-bond donors (Lipinski definition) is 1. The Morgan fingerprint density at radius 2 is 1.89 bits per heavy atom. The first-order valence-electron chi connectivity index (χ1n) is 10.2. The predicted molar refractivity (Wildman–Crippen MR) is 114 cm³/mol. The van der Waals surface area contributed by atoms with Crippen LogP contribution in [0.5, 0.6) is 11.5 Å². The maximum absolute atomic E-state index is 12.7. The van der Waals surface area contributed by atoms with Crippen molar-refractivity contribution in [1.82, 2.24) is 0 Å². The molecule has 1 heterocycles. The van der Waals surface area contributed by atoms with Crippen LogP contribution in [0, 0.1) is 5.92 Å². The third-order valence-electron chi connectivity index (χ3n) is 4.88. The lowest BCUT2D eigenvalue weighted by Gasteiger charge is -2.18. The summed E-state index contributed by atoms with van der Waals surface area (Å²) in [5.41, 5.74) is 2.54. The molecule has 1 unspecified atom stereocenters. The Morgan fingerprint density at radius 1 is 1.11 bits per heavy atom. The van der Waals surface area contributed by atoms with Crippen molar-refractivity contribution in [3.05, 3.63) is 48.0 Å². The second kappa shape index (κ2) is 9.49. The van der Waals surface area contributed by atoms with E-state index >= 15 is 0 Å². The van der Waals surface area contributed by atoms with E-state index in [-0.39, 0.29) is 5.91 Å². The smallest absolute Gasteiger partial charge is 0.255 e. The summed E-state index contributed by atoms with van der Waals surface area (Å²) in [6.45, 7) is 9.58. The highest BCUT2D eigenvalue weighted by atomic mass is 16.5. The van der Waals surface area contributed by atoms with Crippen molar-refractivity contribution in [1.29, 1.82) is 0 Å². The van der Waals surface area contributed by atoms with Crippen LogP contribution in [-0.2, 0) is 0 Å². The molecule has 3 rings (SSSR count). The van der Waals surface area contributed by atoms with Gasteiger partial charge in [0.2, 0.25) is 0 Å². The molecule has 2 aromatic carbocycles. The number of nitrogens with one attached hydrogen (secondary N) is 1. The summed E-state index contributed by atoms with van der Waals surface area (Å²) >= 11 is 0. The van der Waals surface area contributed by atoms with Crippen LogP contribution in [-0.4, -0.2) is 32.2 Å². The first-order valence-corrected chi connectivity index (χ1v) is 10.2. The molecule has 0 bridgehead atoms. The van der Waals surface area contributed by atoms with Gasteiger partial charge in [0.25, 0.3) is 5.91 Å². The summed E-state index contributed by atoms with van der Waals surface area (Å²) in [4.78, 5) is 15.1. The lowest BCUT2D eigenvalue weighted by Crippen LogP contribution is -2.19. The number of ether oxygens (including phenoxy) is 2. The molecule has 1 fully saturated rings. The Morgan fingerprint density at radius 3 is 2.54 bits per heavy atom. The first kappa shape index (κ1) is 20.1. The van der Waals surface area contributed by atoms with Gasteiger partial charge >= 0.3 is 0 Å². The largest absolute Gasteiger partial charge is 0.490 e. The minimum atomic E-state index is -0.162. The van der Waals surface area contributed by atoms with Crippen LogP contribution in [0.4, 0.5) is 11.4 Å². The van der Waals surface area contributed by atoms with Crippen molar-refractivity contribution in [3.63, 3.8) is 0 Å². The van der Waals surface area contributed by atoms with Crippen molar-refractivity contribution in [2.24, 2.45) is 5.92 Å². The van der Waals surface area contributed by atoms with Crippen LogP contribution >= 0.6 is 0 Å².